The predicted octanol–water partition coefficient (Wildman–Crippen LogP) is 4.82. The van der Waals surface area contributed by atoms with Crippen LogP contribution in [0.3, 0.4) is 0 Å². The lowest BCUT2D eigenvalue weighted by Gasteiger charge is -2.12. The van der Waals surface area contributed by atoms with E-state index in [1.165, 1.54) is 0 Å². The summed E-state index contributed by atoms with van der Waals surface area (Å²) in [6, 6.07) is 5.31. The van der Waals surface area contributed by atoms with E-state index in [0.29, 0.717) is 10.2 Å². The van der Waals surface area contributed by atoms with E-state index in [9.17, 15) is 13.2 Å². The Balaban J connectivity index is 2.52. The molecule has 0 aromatic heterocycles. The van der Waals surface area contributed by atoms with Crippen molar-refractivity contribution in [2.75, 3.05) is 12.4 Å². The number of halogens is 5. The molecule has 0 unspecified atom stereocenters. The van der Waals surface area contributed by atoms with Gasteiger partial charge < -0.3 is 4.74 Å². The normalized spacial score (nSPS) is 11.6. The summed E-state index contributed by atoms with van der Waals surface area (Å²) in [4.78, 5) is 0. The molecular weight excluding hydrogens is 341 g/mol. The predicted molar refractivity (Wildman–Crippen MR) is 67.7 cm³/mol. The van der Waals surface area contributed by atoms with Gasteiger partial charge in [-0.3, -0.25) is 0 Å². The molecule has 0 amide bonds. The van der Waals surface area contributed by atoms with Gasteiger partial charge in [-0.1, -0.05) is 12.1 Å². The largest absolute Gasteiger partial charge is 0.491 e. The van der Waals surface area contributed by atoms with Gasteiger partial charge in [-0.25, -0.2) is 0 Å². The van der Waals surface area contributed by atoms with Crippen LogP contribution < -0.4 is 4.74 Å². The molecule has 0 aliphatic rings. The quantitative estimate of drug-likeness (QED) is 0.557. The van der Waals surface area contributed by atoms with E-state index in [1.807, 2.05) is 0 Å². The highest BCUT2D eigenvalue weighted by molar-refractivity contribution is 9.10. The fourth-order valence-electron chi connectivity index (χ4n) is 1.12. The topological polar surface area (TPSA) is 9.23 Å². The Labute approximate surface area is 115 Å². The molecule has 0 radical (unpaired) electrons. The minimum absolute atomic E-state index is 0.0172. The maximum Gasteiger partial charge on any atom is 0.441 e. The standard InChI is InChI=1S/C10H9BrClF3OS/c11-8-3-1-2-7(6-12)9(8)16-4-5-17-10(13,14)15/h1-3H,4-6H2. The highest BCUT2D eigenvalue weighted by Gasteiger charge is 2.27. The third kappa shape index (κ3) is 5.40. The highest BCUT2D eigenvalue weighted by atomic mass is 79.9. The number of benzene rings is 1. The number of thioether (sulfide) groups is 1. The fraction of sp³-hybridized carbons (Fsp3) is 0.400. The Bertz CT molecular complexity index is 373. The van der Waals surface area contributed by atoms with Crippen molar-refractivity contribution in [2.24, 2.45) is 0 Å². The molecule has 0 aliphatic heterocycles. The van der Waals surface area contributed by atoms with E-state index in [4.69, 9.17) is 16.3 Å². The van der Waals surface area contributed by atoms with Gasteiger partial charge in [0, 0.05) is 11.3 Å². The number of hydrogen-bond donors (Lipinski definition) is 0. The summed E-state index contributed by atoms with van der Waals surface area (Å²) in [5.74, 6) is 0.610. The molecule has 7 heteroatoms. The van der Waals surface area contributed by atoms with E-state index in [2.05, 4.69) is 15.9 Å². The number of para-hydroxylation sites is 1. The molecule has 0 atom stereocenters. The molecule has 1 rings (SSSR count). The summed E-state index contributed by atoms with van der Waals surface area (Å²) in [6.45, 7) is -0.0172. The first-order valence-corrected chi connectivity index (χ1v) is 6.92. The Hall–Kier alpha value is -0.0700. The second-order valence-electron chi connectivity index (χ2n) is 3.00. The second-order valence-corrected chi connectivity index (χ2v) is 5.29. The van der Waals surface area contributed by atoms with Gasteiger partial charge in [-0.05, 0) is 33.8 Å². The van der Waals surface area contributed by atoms with E-state index >= 15 is 0 Å². The summed E-state index contributed by atoms with van der Waals surface area (Å²) in [5, 5.41) is 0. The van der Waals surface area contributed by atoms with Crippen LogP contribution in [0.4, 0.5) is 13.2 Å². The summed E-state index contributed by atoms with van der Waals surface area (Å²) in [7, 11) is 0. The van der Waals surface area contributed by atoms with Crippen LogP contribution in [-0.4, -0.2) is 17.9 Å². The minimum atomic E-state index is -4.22. The van der Waals surface area contributed by atoms with Crippen molar-refractivity contribution < 1.29 is 17.9 Å². The maximum atomic E-state index is 11.9. The van der Waals surface area contributed by atoms with Crippen LogP contribution in [0, 0.1) is 0 Å². The molecule has 0 N–H and O–H groups in total. The molecule has 0 heterocycles. The average Bonchev–Trinajstić information content (AvgIpc) is 2.24. The molecule has 1 nitrogen and oxygen atoms in total. The number of hydrogen-bond acceptors (Lipinski definition) is 2. The first-order valence-electron chi connectivity index (χ1n) is 4.61. The van der Waals surface area contributed by atoms with E-state index < -0.39 is 5.51 Å². The van der Waals surface area contributed by atoms with Crippen LogP contribution in [0.1, 0.15) is 5.56 Å². The summed E-state index contributed by atoms with van der Waals surface area (Å²) >= 11 is 8.87. The van der Waals surface area contributed by atoms with E-state index in [1.54, 1.807) is 18.2 Å². The van der Waals surface area contributed by atoms with Crippen molar-refractivity contribution in [3.05, 3.63) is 28.2 Å². The van der Waals surface area contributed by atoms with E-state index in [-0.39, 0.29) is 30.0 Å². The molecule has 1 aromatic rings. The van der Waals surface area contributed by atoms with Crippen molar-refractivity contribution in [2.45, 2.75) is 11.4 Å². The Morgan fingerprint density at radius 1 is 1.35 bits per heavy atom. The molecule has 0 saturated carbocycles. The molecule has 0 fully saturated rings. The fourth-order valence-corrected chi connectivity index (χ4v) is 2.25. The first-order chi connectivity index (χ1) is 7.94. The number of ether oxygens (including phenoxy) is 1. The van der Waals surface area contributed by atoms with Gasteiger partial charge in [0.15, 0.2) is 0 Å². The van der Waals surface area contributed by atoms with Crippen molar-refractivity contribution in [3.63, 3.8) is 0 Å². The van der Waals surface area contributed by atoms with Crippen LogP contribution >= 0.6 is 39.3 Å². The Morgan fingerprint density at radius 2 is 2.06 bits per heavy atom. The Morgan fingerprint density at radius 3 is 2.65 bits per heavy atom. The molecule has 96 valence electrons. The first kappa shape index (κ1) is 15.0. The highest BCUT2D eigenvalue weighted by Crippen LogP contribution is 2.32. The van der Waals surface area contributed by atoms with Gasteiger partial charge in [-0.15, -0.1) is 11.6 Å². The molecule has 17 heavy (non-hydrogen) atoms. The van der Waals surface area contributed by atoms with Gasteiger partial charge in [0.05, 0.1) is 17.0 Å². The van der Waals surface area contributed by atoms with Gasteiger partial charge in [-0.2, -0.15) is 13.2 Å². The lowest BCUT2D eigenvalue weighted by Crippen LogP contribution is -2.08. The number of alkyl halides is 4. The molecule has 0 bridgehead atoms. The van der Waals surface area contributed by atoms with Gasteiger partial charge in [0.25, 0.3) is 0 Å². The zero-order valence-electron chi connectivity index (χ0n) is 8.56. The third-order valence-electron chi connectivity index (χ3n) is 1.79. The van der Waals surface area contributed by atoms with Gasteiger partial charge in [0.1, 0.15) is 5.75 Å². The monoisotopic (exact) mass is 348 g/mol. The molecule has 0 aliphatic carbocycles. The zero-order chi connectivity index (χ0) is 12.9. The summed E-state index contributed by atoms with van der Waals surface area (Å²) in [5.41, 5.74) is -3.47. The molecule has 0 spiro atoms. The summed E-state index contributed by atoms with van der Waals surface area (Å²) < 4.78 is 41.6. The number of rotatable bonds is 5. The lowest BCUT2D eigenvalue weighted by molar-refractivity contribution is -0.0329. The van der Waals surface area contributed by atoms with Crippen LogP contribution in [0.25, 0.3) is 0 Å². The zero-order valence-corrected chi connectivity index (χ0v) is 11.7. The van der Waals surface area contributed by atoms with Crippen LogP contribution in [0.2, 0.25) is 0 Å². The van der Waals surface area contributed by atoms with Crippen molar-refractivity contribution in [1.82, 2.24) is 0 Å². The third-order valence-corrected chi connectivity index (χ3v) is 3.40. The van der Waals surface area contributed by atoms with Crippen molar-refractivity contribution in [1.29, 1.82) is 0 Å². The van der Waals surface area contributed by atoms with Crippen molar-refractivity contribution >= 4 is 39.3 Å². The maximum absolute atomic E-state index is 11.9. The van der Waals surface area contributed by atoms with Gasteiger partial charge in [0.2, 0.25) is 0 Å². The van der Waals surface area contributed by atoms with E-state index in [0.717, 1.165) is 5.56 Å². The summed E-state index contributed by atoms with van der Waals surface area (Å²) in [6.07, 6.45) is 0. The molecule has 0 saturated heterocycles. The van der Waals surface area contributed by atoms with Crippen LogP contribution in [-0.2, 0) is 5.88 Å². The van der Waals surface area contributed by atoms with Crippen LogP contribution in [0.15, 0.2) is 22.7 Å². The van der Waals surface area contributed by atoms with Gasteiger partial charge >= 0.3 is 5.51 Å². The SMILES string of the molecule is FC(F)(F)SCCOc1c(Br)cccc1CCl. The van der Waals surface area contributed by atoms with Crippen LogP contribution in [0.5, 0.6) is 5.75 Å². The smallest absolute Gasteiger partial charge is 0.441 e. The average molecular weight is 350 g/mol. The second kappa shape index (κ2) is 6.75. The van der Waals surface area contributed by atoms with Crippen molar-refractivity contribution in [3.8, 4) is 5.75 Å². The minimum Gasteiger partial charge on any atom is -0.491 e. The molecule has 1 aromatic carbocycles. The Kier molecular flexibility index (Phi) is 5.95. The lowest BCUT2D eigenvalue weighted by atomic mass is 10.2. The molecular formula is C10H9BrClF3OS.